The van der Waals surface area contributed by atoms with E-state index < -0.39 is 0 Å². The minimum absolute atomic E-state index is 0.122. The molecule has 172 valence electrons. The van der Waals surface area contributed by atoms with Gasteiger partial charge >= 0.3 is 0 Å². The molecule has 2 aromatic heterocycles. The second kappa shape index (κ2) is 10.2. The number of amides is 1. The first-order valence-corrected chi connectivity index (χ1v) is 11.9. The molecule has 0 saturated heterocycles. The van der Waals surface area contributed by atoms with Crippen LogP contribution in [0, 0.1) is 6.92 Å². The maximum atomic E-state index is 13.3. The second-order valence-electron chi connectivity index (χ2n) is 8.05. The monoisotopic (exact) mass is 465 g/mol. The summed E-state index contributed by atoms with van der Waals surface area (Å²) < 4.78 is 13.0. The lowest BCUT2D eigenvalue weighted by Crippen LogP contribution is -2.25. The van der Waals surface area contributed by atoms with Gasteiger partial charge in [0.15, 0.2) is 5.16 Å². The van der Waals surface area contributed by atoms with Crippen LogP contribution in [0.15, 0.2) is 62.9 Å². The number of carbonyl (C=O) groups excluding carboxylic acids is 1. The molecule has 0 aliphatic rings. The molecule has 2 heterocycles. The molecule has 4 rings (SSSR count). The zero-order valence-electron chi connectivity index (χ0n) is 19.0. The normalized spacial score (nSPS) is 11.5. The molecule has 33 heavy (non-hydrogen) atoms. The molecule has 0 aliphatic carbocycles. The van der Waals surface area contributed by atoms with Crippen LogP contribution < -0.4 is 10.9 Å². The zero-order valence-corrected chi connectivity index (χ0v) is 19.8. The molecular formula is C25H27N3O4S. The maximum absolute atomic E-state index is 13.3. The van der Waals surface area contributed by atoms with Gasteiger partial charge < -0.3 is 14.5 Å². The summed E-state index contributed by atoms with van der Waals surface area (Å²) in [6.07, 6.45) is 0.769. The Labute approximate surface area is 196 Å². The average molecular weight is 466 g/mol. The fraction of sp³-hybridized carbons (Fsp3) is 0.320. The molecule has 7 nitrogen and oxygen atoms in total. The van der Waals surface area contributed by atoms with Crippen molar-refractivity contribution in [3.8, 4) is 0 Å². The third kappa shape index (κ3) is 5.29. The van der Waals surface area contributed by atoms with Crippen LogP contribution in [0.25, 0.3) is 22.1 Å². The molecule has 0 bridgehead atoms. The van der Waals surface area contributed by atoms with Gasteiger partial charge in [-0.1, -0.05) is 42.1 Å². The van der Waals surface area contributed by atoms with Crippen LogP contribution in [0.2, 0.25) is 0 Å². The number of furan rings is 1. The van der Waals surface area contributed by atoms with Gasteiger partial charge in [-0.05, 0) is 51.0 Å². The fourth-order valence-electron chi connectivity index (χ4n) is 3.53. The van der Waals surface area contributed by atoms with Crippen molar-refractivity contribution in [3.63, 3.8) is 0 Å². The Morgan fingerprint density at radius 2 is 1.94 bits per heavy atom. The van der Waals surface area contributed by atoms with Crippen molar-refractivity contribution in [1.82, 2.24) is 9.55 Å². The van der Waals surface area contributed by atoms with E-state index in [9.17, 15) is 9.59 Å². The second-order valence-corrected chi connectivity index (χ2v) is 8.99. The molecule has 0 aliphatic heterocycles. The highest BCUT2D eigenvalue weighted by atomic mass is 32.2. The Morgan fingerprint density at radius 1 is 1.18 bits per heavy atom. The molecule has 1 N–H and O–H groups in total. The Hall–Kier alpha value is -3.10. The number of thioether (sulfide) groups is 1. The van der Waals surface area contributed by atoms with Gasteiger partial charge in [0.2, 0.25) is 11.5 Å². The van der Waals surface area contributed by atoms with Gasteiger partial charge in [0, 0.05) is 24.2 Å². The fourth-order valence-corrected chi connectivity index (χ4v) is 4.35. The highest BCUT2D eigenvalue weighted by Crippen LogP contribution is 2.27. The molecule has 0 unspecified atom stereocenters. The van der Waals surface area contributed by atoms with Crippen molar-refractivity contribution in [3.05, 3.63) is 64.4 Å². The van der Waals surface area contributed by atoms with Crippen molar-refractivity contribution in [2.45, 2.75) is 45.0 Å². The molecular weight excluding hydrogens is 438 g/mol. The first-order chi connectivity index (χ1) is 15.9. The predicted octanol–water partition coefficient (Wildman–Crippen LogP) is 5.00. The summed E-state index contributed by atoms with van der Waals surface area (Å²) in [6, 6.07) is 15.1. The van der Waals surface area contributed by atoms with Gasteiger partial charge in [0.05, 0.1) is 11.9 Å². The number of fused-ring (bicyclic) bond motifs is 3. The molecule has 0 fully saturated rings. The molecule has 0 spiro atoms. The Morgan fingerprint density at radius 3 is 2.73 bits per heavy atom. The minimum Gasteiger partial charge on any atom is -0.448 e. The van der Waals surface area contributed by atoms with Crippen LogP contribution in [0.1, 0.15) is 25.8 Å². The number of nitrogens with one attached hydrogen (secondary N) is 1. The van der Waals surface area contributed by atoms with Crippen molar-refractivity contribution in [2.75, 3.05) is 17.7 Å². The SMILES string of the molecule is Cc1ccccc1NC(=O)CSc1nc2c(oc3ccccc32)c(=O)n1CCCOC(C)C. The van der Waals surface area contributed by atoms with Crippen LogP contribution in [-0.4, -0.2) is 33.9 Å². The smallest absolute Gasteiger partial charge is 0.297 e. The highest BCUT2D eigenvalue weighted by molar-refractivity contribution is 7.99. The number of hydrogen-bond acceptors (Lipinski definition) is 6. The standard InChI is InChI=1S/C25H27N3O4S/c1-16(2)31-14-8-13-28-24(30)23-22(18-10-5-7-12-20(18)32-23)27-25(28)33-15-21(29)26-19-11-6-4-9-17(19)3/h4-7,9-12,16H,8,13-15H2,1-3H3,(H,26,29). The summed E-state index contributed by atoms with van der Waals surface area (Å²) in [7, 11) is 0. The largest absolute Gasteiger partial charge is 0.448 e. The first-order valence-electron chi connectivity index (χ1n) is 11.0. The average Bonchev–Trinajstić information content (AvgIpc) is 3.17. The van der Waals surface area contributed by atoms with Gasteiger partial charge in [0.25, 0.3) is 5.56 Å². The molecule has 1 amide bonds. The topological polar surface area (TPSA) is 86.4 Å². The van der Waals surface area contributed by atoms with E-state index >= 15 is 0 Å². The van der Waals surface area contributed by atoms with Crippen molar-refractivity contribution >= 4 is 45.4 Å². The molecule has 0 atom stereocenters. The van der Waals surface area contributed by atoms with E-state index in [2.05, 4.69) is 5.32 Å². The van der Waals surface area contributed by atoms with E-state index in [-0.39, 0.29) is 28.9 Å². The Kier molecular flexibility index (Phi) is 7.15. The molecule has 0 radical (unpaired) electrons. The number of nitrogens with zero attached hydrogens (tertiary/aromatic N) is 2. The summed E-state index contributed by atoms with van der Waals surface area (Å²) in [6.45, 7) is 6.84. The number of hydrogen-bond donors (Lipinski definition) is 1. The van der Waals surface area contributed by atoms with Gasteiger partial charge in [-0.25, -0.2) is 4.98 Å². The van der Waals surface area contributed by atoms with E-state index in [1.54, 1.807) is 4.57 Å². The van der Waals surface area contributed by atoms with Crippen LogP contribution in [0.3, 0.4) is 0 Å². The van der Waals surface area contributed by atoms with Crippen LogP contribution in [0.4, 0.5) is 5.69 Å². The Bertz CT molecular complexity index is 1340. The van der Waals surface area contributed by atoms with Crippen LogP contribution in [0.5, 0.6) is 0 Å². The summed E-state index contributed by atoms with van der Waals surface area (Å²) in [5.74, 6) is -0.0275. The van der Waals surface area contributed by atoms with Gasteiger partial charge in [-0.2, -0.15) is 0 Å². The molecule has 0 saturated carbocycles. The summed E-state index contributed by atoms with van der Waals surface area (Å²) in [5.41, 5.74) is 2.88. The molecule has 4 aromatic rings. The van der Waals surface area contributed by atoms with Crippen LogP contribution >= 0.6 is 11.8 Å². The Balaban J connectivity index is 1.61. The summed E-state index contributed by atoms with van der Waals surface area (Å²) >= 11 is 1.24. The third-order valence-corrected chi connectivity index (χ3v) is 6.15. The number of aromatic nitrogens is 2. The number of carbonyl (C=O) groups is 1. The lowest BCUT2D eigenvalue weighted by atomic mass is 10.2. The van der Waals surface area contributed by atoms with E-state index in [1.165, 1.54) is 11.8 Å². The van der Waals surface area contributed by atoms with Crippen molar-refractivity contribution in [1.29, 1.82) is 0 Å². The van der Waals surface area contributed by atoms with E-state index in [4.69, 9.17) is 14.1 Å². The number of para-hydroxylation sites is 2. The van der Waals surface area contributed by atoms with Crippen molar-refractivity contribution < 1.29 is 13.9 Å². The third-order valence-electron chi connectivity index (χ3n) is 5.18. The maximum Gasteiger partial charge on any atom is 0.297 e. The number of rotatable bonds is 9. The lowest BCUT2D eigenvalue weighted by molar-refractivity contribution is -0.113. The lowest BCUT2D eigenvalue weighted by Gasteiger charge is -2.13. The summed E-state index contributed by atoms with van der Waals surface area (Å²) in [5, 5.41) is 4.20. The quantitative estimate of drug-likeness (QED) is 0.213. The number of aryl methyl sites for hydroxylation is 1. The summed E-state index contributed by atoms with van der Waals surface area (Å²) in [4.78, 5) is 30.7. The van der Waals surface area contributed by atoms with Crippen LogP contribution in [-0.2, 0) is 16.1 Å². The highest BCUT2D eigenvalue weighted by Gasteiger charge is 2.18. The molecule has 2 aromatic carbocycles. The minimum atomic E-state index is -0.248. The number of ether oxygens (including phenoxy) is 1. The number of anilines is 1. The number of benzene rings is 2. The van der Waals surface area contributed by atoms with Gasteiger partial charge in [-0.15, -0.1) is 0 Å². The van der Waals surface area contributed by atoms with Gasteiger partial charge in [-0.3, -0.25) is 14.2 Å². The first kappa shape index (κ1) is 23.1. The predicted molar refractivity (Wildman–Crippen MR) is 132 cm³/mol. The molecule has 8 heteroatoms. The zero-order chi connectivity index (χ0) is 23.4. The van der Waals surface area contributed by atoms with E-state index in [0.29, 0.717) is 35.8 Å². The van der Waals surface area contributed by atoms with E-state index in [0.717, 1.165) is 16.6 Å². The van der Waals surface area contributed by atoms with Crippen molar-refractivity contribution in [2.24, 2.45) is 0 Å². The van der Waals surface area contributed by atoms with E-state index in [1.807, 2.05) is 69.3 Å². The van der Waals surface area contributed by atoms with Gasteiger partial charge in [0.1, 0.15) is 11.1 Å².